The minimum atomic E-state index is -1.29. The van der Waals surface area contributed by atoms with Gasteiger partial charge in [-0.05, 0) is 31.6 Å². The number of nitrogens with two attached hydrogens (primary N) is 1. The number of carbonyl (C=O) groups excluding carboxylic acids is 8. The van der Waals surface area contributed by atoms with Crippen molar-refractivity contribution in [3.8, 4) is 0 Å². The Hall–Kier alpha value is -4.38. The second-order valence-corrected chi connectivity index (χ2v) is 11.3. The van der Waals surface area contributed by atoms with Gasteiger partial charge in [0.2, 0.25) is 35.4 Å². The van der Waals surface area contributed by atoms with Crippen LogP contribution < -0.4 is 27.0 Å². The highest BCUT2D eigenvalue weighted by Gasteiger charge is 2.59. The molecule has 17 heteroatoms. The molecule has 1 aliphatic heterocycles. The van der Waals surface area contributed by atoms with E-state index in [0.717, 1.165) is 20.6 Å². The van der Waals surface area contributed by atoms with Gasteiger partial charge in [0.1, 0.15) is 12.1 Å². The molecule has 0 aromatic carbocycles. The summed E-state index contributed by atoms with van der Waals surface area (Å²) < 4.78 is 14.6. The number of allylic oxidation sites excluding steroid dienone is 2. The predicted molar refractivity (Wildman–Crippen MR) is 157 cm³/mol. The fourth-order valence-corrected chi connectivity index (χ4v) is 5.80. The molecule has 6 N–H and O–H groups in total. The molecule has 46 heavy (non-hydrogen) atoms. The molecular weight excluding hydrogens is 608 g/mol. The van der Waals surface area contributed by atoms with Gasteiger partial charge >= 0.3 is 11.9 Å². The summed E-state index contributed by atoms with van der Waals surface area (Å²) in [4.78, 5) is 99.4. The van der Waals surface area contributed by atoms with Crippen LogP contribution in [0, 0.1) is 23.7 Å². The molecule has 1 saturated heterocycles. The van der Waals surface area contributed by atoms with Crippen molar-refractivity contribution in [2.24, 2.45) is 29.4 Å². The quantitative estimate of drug-likeness (QED) is 0.0428. The first-order chi connectivity index (χ1) is 21.9. The van der Waals surface area contributed by atoms with Crippen molar-refractivity contribution in [3.63, 3.8) is 0 Å². The average molecular weight is 651 g/mol. The minimum absolute atomic E-state index is 0.0976. The number of nitrogens with one attached hydrogen (secondary N) is 4. The van der Waals surface area contributed by atoms with Crippen LogP contribution in [0.2, 0.25) is 0 Å². The number of amides is 6. The lowest BCUT2D eigenvalue weighted by Crippen LogP contribution is -2.53. The summed E-state index contributed by atoms with van der Waals surface area (Å²) in [6.45, 7) is 1.25. The molecule has 1 saturated carbocycles. The largest absolute Gasteiger partial charge is 0.469 e. The average Bonchev–Trinajstić information content (AvgIpc) is 3.72. The van der Waals surface area contributed by atoms with Gasteiger partial charge < -0.3 is 41.2 Å². The molecule has 0 aromatic heterocycles. The predicted octanol–water partition coefficient (Wildman–Crippen LogP) is -3.12. The van der Waals surface area contributed by atoms with Gasteiger partial charge in [-0.1, -0.05) is 12.2 Å². The van der Waals surface area contributed by atoms with E-state index in [9.17, 15) is 38.4 Å². The Bertz CT molecular complexity index is 1210. The van der Waals surface area contributed by atoms with Crippen LogP contribution in [0.3, 0.4) is 0 Å². The minimum Gasteiger partial charge on any atom is -0.469 e. The van der Waals surface area contributed by atoms with Gasteiger partial charge in [0.25, 0.3) is 0 Å². The fraction of sp³-hybridized carbons (Fsp3) is 0.655. The standard InChI is InChI=1S/C29H42N6O11/c1-15(29(43)45-3)33-26(40)19(6-7-22(38)44-2)34-21(37)14-32-25(39)18(30)13-20(36)31-8-10-46-11-9-35-27(41)23-16-4-5-17(12-16)24(23)28(35)42/h4-5,15-19,23-24H,6-14,30H2,1-3H3,(H,31,36)(H,32,39)(H,33,40)(H,34,37). The second-order valence-electron chi connectivity index (χ2n) is 11.3. The summed E-state index contributed by atoms with van der Waals surface area (Å²) in [6, 6.07) is -3.55. The van der Waals surface area contributed by atoms with Crippen LogP contribution in [0.15, 0.2) is 12.2 Å². The first-order valence-corrected chi connectivity index (χ1v) is 15.0. The van der Waals surface area contributed by atoms with E-state index in [1.807, 2.05) is 12.2 Å². The van der Waals surface area contributed by atoms with Gasteiger partial charge in [-0.2, -0.15) is 0 Å². The molecule has 3 aliphatic rings. The number of rotatable bonds is 18. The normalized spacial score (nSPS) is 22.8. The maximum Gasteiger partial charge on any atom is 0.328 e. The molecule has 3 rings (SSSR count). The van der Waals surface area contributed by atoms with Crippen LogP contribution in [0.5, 0.6) is 0 Å². The number of hydrogen-bond donors (Lipinski definition) is 5. The summed E-state index contributed by atoms with van der Waals surface area (Å²) in [7, 11) is 2.31. The van der Waals surface area contributed by atoms with Gasteiger partial charge in [-0.3, -0.25) is 38.5 Å². The number of imide groups is 1. The van der Waals surface area contributed by atoms with E-state index in [1.165, 1.54) is 11.8 Å². The van der Waals surface area contributed by atoms with Crippen molar-refractivity contribution in [2.45, 2.75) is 50.7 Å². The first kappa shape index (κ1) is 36.1. The number of esters is 2. The number of hydrogen-bond acceptors (Lipinski definition) is 12. The molecular formula is C29H42N6O11. The summed E-state index contributed by atoms with van der Waals surface area (Å²) >= 11 is 0. The number of likely N-dealkylation sites (tertiary alicyclic amines) is 1. The zero-order chi connectivity index (χ0) is 34.0. The topological polar surface area (TPSA) is 242 Å². The molecule has 2 bridgehead atoms. The van der Waals surface area contributed by atoms with E-state index in [0.29, 0.717) is 0 Å². The zero-order valence-electron chi connectivity index (χ0n) is 26.1. The Morgan fingerprint density at radius 3 is 2.17 bits per heavy atom. The third-order valence-electron chi connectivity index (χ3n) is 8.18. The van der Waals surface area contributed by atoms with E-state index in [2.05, 4.69) is 30.7 Å². The Morgan fingerprint density at radius 1 is 0.913 bits per heavy atom. The number of methoxy groups -OCH3 is 2. The maximum atomic E-state index is 12.7. The fourth-order valence-electron chi connectivity index (χ4n) is 5.80. The van der Waals surface area contributed by atoms with E-state index < -0.39 is 60.2 Å². The van der Waals surface area contributed by atoms with Crippen molar-refractivity contribution in [1.29, 1.82) is 0 Å². The van der Waals surface area contributed by atoms with Gasteiger partial charge in [-0.25, -0.2) is 4.79 Å². The third-order valence-corrected chi connectivity index (χ3v) is 8.18. The summed E-state index contributed by atoms with van der Waals surface area (Å²) in [5.41, 5.74) is 5.79. The lowest BCUT2D eigenvalue weighted by Gasteiger charge is -2.20. The summed E-state index contributed by atoms with van der Waals surface area (Å²) in [5, 5.41) is 9.57. The molecule has 0 aromatic rings. The number of ether oxygens (including phenoxy) is 3. The monoisotopic (exact) mass is 650 g/mol. The molecule has 1 heterocycles. The second kappa shape index (κ2) is 16.8. The number of carbonyl (C=O) groups is 8. The Morgan fingerprint density at radius 2 is 1.57 bits per heavy atom. The van der Waals surface area contributed by atoms with Crippen LogP contribution in [0.1, 0.15) is 32.6 Å². The van der Waals surface area contributed by atoms with E-state index >= 15 is 0 Å². The van der Waals surface area contributed by atoms with Gasteiger partial charge in [0.05, 0.1) is 64.8 Å². The van der Waals surface area contributed by atoms with Gasteiger partial charge in [0.15, 0.2) is 0 Å². The molecule has 254 valence electrons. The lowest BCUT2D eigenvalue weighted by atomic mass is 9.85. The van der Waals surface area contributed by atoms with Crippen molar-refractivity contribution in [2.75, 3.05) is 47.1 Å². The first-order valence-electron chi connectivity index (χ1n) is 15.0. The smallest absolute Gasteiger partial charge is 0.328 e. The highest BCUT2D eigenvalue weighted by atomic mass is 16.5. The Labute approximate surface area is 265 Å². The Kier molecular flexibility index (Phi) is 13.2. The van der Waals surface area contributed by atoms with E-state index in [1.54, 1.807) is 0 Å². The highest BCUT2D eigenvalue weighted by Crippen LogP contribution is 2.52. The molecule has 2 fully saturated rings. The van der Waals surface area contributed by atoms with Gasteiger partial charge in [-0.15, -0.1) is 0 Å². The molecule has 17 nitrogen and oxygen atoms in total. The molecule has 7 atom stereocenters. The van der Waals surface area contributed by atoms with E-state index in [-0.39, 0.29) is 81.1 Å². The summed E-state index contributed by atoms with van der Waals surface area (Å²) in [5.74, 6) is -4.79. The zero-order valence-corrected chi connectivity index (χ0v) is 26.1. The molecule has 7 unspecified atom stereocenters. The van der Waals surface area contributed by atoms with Crippen LogP contribution in [-0.4, -0.2) is 117 Å². The molecule has 6 amide bonds. The van der Waals surface area contributed by atoms with Gasteiger partial charge in [0, 0.05) is 13.0 Å². The number of nitrogens with zero attached hydrogens (tertiary/aromatic N) is 1. The number of fused-ring (bicyclic) bond motifs is 5. The summed E-state index contributed by atoms with van der Waals surface area (Å²) in [6.07, 6.45) is 4.16. The van der Waals surface area contributed by atoms with Crippen LogP contribution in [0.4, 0.5) is 0 Å². The van der Waals surface area contributed by atoms with Crippen LogP contribution >= 0.6 is 0 Å². The Balaban J connectivity index is 1.31. The van der Waals surface area contributed by atoms with Crippen molar-refractivity contribution >= 4 is 47.4 Å². The maximum absolute atomic E-state index is 12.7. The van der Waals surface area contributed by atoms with Crippen molar-refractivity contribution in [3.05, 3.63) is 12.2 Å². The highest BCUT2D eigenvalue weighted by molar-refractivity contribution is 6.06. The van der Waals surface area contributed by atoms with Crippen LogP contribution in [0.25, 0.3) is 0 Å². The van der Waals surface area contributed by atoms with Crippen molar-refractivity contribution in [1.82, 2.24) is 26.2 Å². The lowest BCUT2D eigenvalue weighted by molar-refractivity contribution is -0.145. The van der Waals surface area contributed by atoms with E-state index in [4.69, 9.17) is 10.5 Å². The molecule has 0 radical (unpaired) electrons. The van der Waals surface area contributed by atoms with Crippen molar-refractivity contribution < 1.29 is 52.6 Å². The molecule has 0 spiro atoms. The van der Waals surface area contributed by atoms with Crippen LogP contribution in [-0.2, 0) is 52.6 Å². The SMILES string of the molecule is COC(=O)CCC(NC(=O)CNC(=O)C(N)CC(=O)NCCOCCN1C(=O)C2C3C=CC(C3)C2C1=O)C(=O)NC(C)C(=O)OC. The molecule has 2 aliphatic carbocycles. The third kappa shape index (κ3) is 9.32.